The average molecular weight is 695 g/mol. The number of hydrogen-bond donors (Lipinski definition) is 0. The van der Waals surface area contributed by atoms with Crippen LogP contribution in [0.4, 0.5) is 0 Å². The predicted molar refractivity (Wildman–Crippen MR) is 194 cm³/mol. The van der Waals surface area contributed by atoms with Crippen molar-refractivity contribution in [3.63, 3.8) is 0 Å². The number of ether oxygens (including phenoxy) is 6. The number of benzene rings is 4. The number of nitrogens with zero attached hydrogens (tertiary/aromatic N) is 2. The van der Waals surface area contributed by atoms with Crippen LogP contribution in [0.3, 0.4) is 0 Å². The Kier molecular flexibility index (Phi) is 10.8. The molecule has 2 heterocycles. The van der Waals surface area contributed by atoms with Crippen molar-refractivity contribution in [3.8, 4) is 40.2 Å². The van der Waals surface area contributed by atoms with Crippen LogP contribution in [0.5, 0.6) is 40.2 Å². The Morgan fingerprint density at radius 2 is 1.06 bits per heavy atom. The second-order valence-corrected chi connectivity index (χ2v) is 13.2. The third-order valence-electron chi connectivity index (χ3n) is 9.85. The molecule has 0 spiro atoms. The van der Waals surface area contributed by atoms with Gasteiger partial charge in [-0.3, -0.25) is 19.4 Å². The Balaban J connectivity index is 1.23. The van der Waals surface area contributed by atoms with Crippen LogP contribution in [0, 0.1) is 0 Å². The standard InChI is InChI=1S/C41H46N2O8/c1-25(44)49-36-13-10-28(19-35-32-23-39(48-7)37(46-5)21-29(32)14-17-43(35)4)20-40(36)51-31-11-8-27(9-12-31)18-34-33-24-41(50-26(2)45)38(47-6)22-30(33)15-16-42(34)3/h8-13,20-24,34-35H,14-19H2,1-7H3/t34-,35-/m1/s1. The number of methoxy groups -OCH3 is 3. The molecule has 2 aliphatic heterocycles. The lowest BCUT2D eigenvalue weighted by molar-refractivity contribution is -0.132. The smallest absolute Gasteiger partial charge is 0.308 e. The molecule has 2 aliphatic rings. The topological polar surface area (TPSA) is 96.0 Å². The van der Waals surface area contributed by atoms with Gasteiger partial charge >= 0.3 is 11.9 Å². The Hall–Kier alpha value is -5.06. The fraction of sp³-hybridized carbons (Fsp3) is 0.366. The summed E-state index contributed by atoms with van der Waals surface area (Å²) in [5.74, 6) is 3.07. The lowest BCUT2D eigenvalue weighted by Gasteiger charge is -2.35. The molecule has 268 valence electrons. The molecule has 6 rings (SSSR count). The summed E-state index contributed by atoms with van der Waals surface area (Å²) in [7, 11) is 9.15. The molecule has 10 nitrogen and oxygen atoms in total. The SMILES string of the molecule is COc1cc2c(cc1OC)[C@@H](Cc1ccc(OC(C)=O)c(Oc3ccc(C[C@@H]4c5cc(OC(C)=O)c(OC)cc5CCN4C)cc3)c1)N(C)CC2. The monoisotopic (exact) mass is 694 g/mol. The number of likely N-dealkylation sites (N-methyl/N-ethyl adjacent to an activating group) is 2. The zero-order valence-corrected chi connectivity index (χ0v) is 30.4. The molecule has 0 radical (unpaired) electrons. The van der Waals surface area contributed by atoms with Gasteiger partial charge in [0, 0.05) is 39.0 Å². The van der Waals surface area contributed by atoms with E-state index in [1.165, 1.54) is 30.5 Å². The quantitative estimate of drug-likeness (QED) is 0.122. The molecule has 10 heteroatoms. The summed E-state index contributed by atoms with van der Waals surface area (Å²) in [6.07, 6.45) is 3.26. The van der Waals surface area contributed by atoms with Crippen LogP contribution < -0.4 is 28.4 Å². The number of esters is 2. The molecule has 0 amide bonds. The molecule has 4 aromatic carbocycles. The van der Waals surface area contributed by atoms with Gasteiger partial charge in [0.25, 0.3) is 0 Å². The van der Waals surface area contributed by atoms with Gasteiger partial charge < -0.3 is 28.4 Å². The lowest BCUT2D eigenvalue weighted by atomic mass is 9.88. The van der Waals surface area contributed by atoms with E-state index < -0.39 is 5.97 Å². The fourth-order valence-corrected chi connectivity index (χ4v) is 7.18. The molecular weight excluding hydrogens is 648 g/mol. The van der Waals surface area contributed by atoms with Gasteiger partial charge in [-0.2, -0.15) is 0 Å². The van der Waals surface area contributed by atoms with E-state index in [2.05, 4.69) is 48.2 Å². The number of rotatable bonds is 11. The lowest BCUT2D eigenvalue weighted by Crippen LogP contribution is -2.33. The van der Waals surface area contributed by atoms with Gasteiger partial charge in [0.15, 0.2) is 34.5 Å². The molecule has 0 saturated heterocycles. The molecule has 0 N–H and O–H groups in total. The van der Waals surface area contributed by atoms with Crippen LogP contribution in [-0.4, -0.2) is 70.3 Å². The van der Waals surface area contributed by atoms with Crippen molar-refractivity contribution in [2.45, 2.75) is 51.6 Å². The summed E-state index contributed by atoms with van der Waals surface area (Å²) in [5, 5.41) is 0. The minimum Gasteiger partial charge on any atom is -0.493 e. The molecular formula is C41H46N2O8. The third kappa shape index (κ3) is 7.97. The van der Waals surface area contributed by atoms with Gasteiger partial charge in [-0.25, -0.2) is 0 Å². The highest BCUT2D eigenvalue weighted by Crippen LogP contribution is 2.42. The second-order valence-electron chi connectivity index (χ2n) is 13.2. The summed E-state index contributed by atoms with van der Waals surface area (Å²) in [6.45, 7) is 4.58. The van der Waals surface area contributed by atoms with Gasteiger partial charge in [-0.1, -0.05) is 18.2 Å². The molecule has 0 aliphatic carbocycles. The zero-order valence-electron chi connectivity index (χ0n) is 30.4. The van der Waals surface area contributed by atoms with Crippen molar-refractivity contribution in [2.75, 3.05) is 48.5 Å². The van der Waals surface area contributed by atoms with E-state index in [1.54, 1.807) is 27.4 Å². The molecule has 0 fully saturated rings. The van der Waals surface area contributed by atoms with Crippen molar-refractivity contribution in [1.82, 2.24) is 9.80 Å². The van der Waals surface area contributed by atoms with Gasteiger partial charge in [-0.05, 0) is 122 Å². The van der Waals surface area contributed by atoms with Crippen LogP contribution in [0.15, 0.2) is 66.7 Å². The molecule has 4 aromatic rings. The van der Waals surface area contributed by atoms with E-state index in [9.17, 15) is 9.59 Å². The van der Waals surface area contributed by atoms with Crippen molar-refractivity contribution >= 4 is 11.9 Å². The maximum Gasteiger partial charge on any atom is 0.308 e. The molecule has 0 bridgehead atoms. The normalized spacial score (nSPS) is 17.2. The average Bonchev–Trinajstić information content (AvgIpc) is 3.11. The Morgan fingerprint density at radius 1 is 0.588 bits per heavy atom. The predicted octanol–water partition coefficient (Wildman–Crippen LogP) is 6.90. The van der Waals surface area contributed by atoms with Crippen molar-refractivity contribution < 1.29 is 38.0 Å². The van der Waals surface area contributed by atoms with Crippen molar-refractivity contribution in [1.29, 1.82) is 0 Å². The van der Waals surface area contributed by atoms with Gasteiger partial charge in [-0.15, -0.1) is 0 Å². The number of carbonyl (C=O) groups is 2. The van der Waals surface area contributed by atoms with E-state index in [1.807, 2.05) is 36.4 Å². The largest absolute Gasteiger partial charge is 0.493 e. The summed E-state index contributed by atoms with van der Waals surface area (Å²) in [6, 6.07) is 22.0. The van der Waals surface area contributed by atoms with Crippen LogP contribution in [0.25, 0.3) is 0 Å². The third-order valence-corrected chi connectivity index (χ3v) is 9.85. The molecule has 0 saturated carbocycles. The first-order valence-electron chi connectivity index (χ1n) is 17.2. The molecule has 0 unspecified atom stereocenters. The number of hydrogen-bond acceptors (Lipinski definition) is 10. The first kappa shape index (κ1) is 35.8. The highest BCUT2D eigenvalue weighted by molar-refractivity contribution is 5.71. The van der Waals surface area contributed by atoms with E-state index in [-0.39, 0.29) is 18.1 Å². The molecule has 51 heavy (non-hydrogen) atoms. The highest BCUT2D eigenvalue weighted by Gasteiger charge is 2.29. The minimum atomic E-state index is -0.420. The molecule has 0 aromatic heterocycles. The van der Waals surface area contributed by atoms with Crippen molar-refractivity contribution in [3.05, 3.63) is 100 Å². The Morgan fingerprint density at radius 3 is 1.61 bits per heavy atom. The van der Waals surface area contributed by atoms with E-state index >= 15 is 0 Å². The number of carbonyl (C=O) groups excluding carboxylic acids is 2. The van der Waals surface area contributed by atoms with Gasteiger partial charge in [0.05, 0.1) is 21.3 Å². The maximum absolute atomic E-state index is 12.0. The maximum atomic E-state index is 12.0. The van der Waals surface area contributed by atoms with Crippen molar-refractivity contribution in [2.24, 2.45) is 0 Å². The van der Waals surface area contributed by atoms with Gasteiger partial charge in [0.1, 0.15) is 5.75 Å². The molecule has 2 atom stereocenters. The van der Waals surface area contributed by atoms with E-state index in [0.29, 0.717) is 34.5 Å². The van der Waals surface area contributed by atoms with Crippen LogP contribution >= 0.6 is 0 Å². The number of fused-ring (bicyclic) bond motifs is 2. The highest BCUT2D eigenvalue weighted by atomic mass is 16.6. The first-order chi connectivity index (χ1) is 24.6. The van der Waals surface area contributed by atoms with Crippen LogP contribution in [-0.2, 0) is 35.3 Å². The summed E-state index contributed by atoms with van der Waals surface area (Å²) >= 11 is 0. The second kappa shape index (κ2) is 15.4. The van der Waals surface area contributed by atoms with Crippen LogP contribution in [0.1, 0.15) is 59.3 Å². The van der Waals surface area contributed by atoms with Gasteiger partial charge in [0.2, 0.25) is 0 Å². The Labute approximate surface area is 299 Å². The van der Waals surface area contributed by atoms with E-state index in [0.717, 1.165) is 61.2 Å². The summed E-state index contributed by atoms with van der Waals surface area (Å²) < 4.78 is 34.2. The van der Waals surface area contributed by atoms with Crippen LogP contribution in [0.2, 0.25) is 0 Å². The zero-order chi connectivity index (χ0) is 36.2. The van der Waals surface area contributed by atoms with E-state index in [4.69, 9.17) is 28.4 Å². The fourth-order valence-electron chi connectivity index (χ4n) is 7.18. The summed E-state index contributed by atoms with van der Waals surface area (Å²) in [4.78, 5) is 28.5. The Bertz CT molecular complexity index is 1910. The first-order valence-corrected chi connectivity index (χ1v) is 17.2. The minimum absolute atomic E-state index is 0.0806. The summed E-state index contributed by atoms with van der Waals surface area (Å²) in [5.41, 5.74) is 6.92.